The molecular weight excluding hydrogens is 382 g/mol. The molecule has 0 fully saturated rings. The van der Waals surface area contributed by atoms with E-state index in [2.05, 4.69) is 12.3 Å². The fourth-order valence-corrected chi connectivity index (χ4v) is 3.57. The maximum absolute atomic E-state index is 15.3. The summed E-state index contributed by atoms with van der Waals surface area (Å²) in [5.74, 6) is -1.58. The minimum atomic E-state index is -0.706. The molecule has 1 N–H and O–H groups in total. The second kappa shape index (κ2) is 9.00. The third kappa shape index (κ3) is 4.56. The second-order valence-electron chi connectivity index (χ2n) is 8.56. The van der Waals surface area contributed by atoms with Crippen LogP contribution in [0.1, 0.15) is 66.8 Å². The highest BCUT2D eigenvalue weighted by Crippen LogP contribution is 2.21. The van der Waals surface area contributed by atoms with Crippen LogP contribution in [-0.2, 0) is 11.3 Å². The maximum Gasteiger partial charge on any atom is 0.330 e. The lowest BCUT2D eigenvalue weighted by molar-refractivity contribution is 0.0357. The van der Waals surface area contributed by atoms with E-state index in [1.165, 1.54) is 11.1 Å². The molecule has 2 aromatic rings. The number of hydrazine groups is 1. The van der Waals surface area contributed by atoms with Crippen LogP contribution in [-0.4, -0.2) is 29.3 Å². The molecule has 1 heterocycles. The standard InChI is InChI=1S/C23H28BFN2O3/c1-5-6-14-24-19-17(15-30-24)12-13-18(20(19)25)21(28)26-27(23(2,3)4)22(29)16-10-8-7-9-11-16/h7-13H,5-6,14-15H2,1-4H3,(H,26,28). The molecule has 0 aliphatic carbocycles. The van der Waals surface area contributed by atoms with E-state index < -0.39 is 17.3 Å². The Hall–Kier alpha value is -2.67. The van der Waals surface area contributed by atoms with Gasteiger partial charge in [-0.3, -0.25) is 15.0 Å². The molecule has 5 nitrogen and oxygen atoms in total. The molecule has 0 spiro atoms. The number of benzene rings is 2. The van der Waals surface area contributed by atoms with Crippen molar-refractivity contribution in [3.63, 3.8) is 0 Å². The predicted molar refractivity (Wildman–Crippen MR) is 116 cm³/mol. The summed E-state index contributed by atoms with van der Waals surface area (Å²) in [5, 5.41) is 1.25. The quantitative estimate of drug-likeness (QED) is 0.600. The van der Waals surface area contributed by atoms with E-state index in [-0.39, 0.29) is 18.4 Å². The van der Waals surface area contributed by atoms with Gasteiger partial charge in [-0.2, -0.15) is 0 Å². The Labute approximate surface area is 177 Å². The lowest BCUT2D eigenvalue weighted by atomic mass is 9.57. The summed E-state index contributed by atoms with van der Waals surface area (Å²) in [6.45, 7) is 7.51. The van der Waals surface area contributed by atoms with Gasteiger partial charge in [-0.25, -0.2) is 9.40 Å². The topological polar surface area (TPSA) is 58.6 Å². The van der Waals surface area contributed by atoms with Gasteiger partial charge in [-0.05, 0) is 56.3 Å². The molecule has 2 amide bonds. The summed E-state index contributed by atoms with van der Waals surface area (Å²) < 4.78 is 21.1. The van der Waals surface area contributed by atoms with Crippen molar-refractivity contribution < 1.29 is 18.6 Å². The third-order valence-electron chi connectivity index (χ3n) is 5.20. The highest BCUT2D eigenvalue weighted by molar-refractivity contribution is 6.69. The molecule has 7 heteroatoms. The largest absolute Gasteiger partial charge is 0.427 e. The van der Waals surface area contributed by atoms with Gasteiger partial charge in [0.15, 0.2) is 0 Å². The zero-order valence-corrected chi connectivity index (χ0v) is 18.0. The van der Waals surface area contributed by atoms with E-state index in [0.717, 1.165) is 18.4 Å². The molecule has 0 unspecified atom stereocenters. The SMILES string of the molecule is CCCCB1OCc2ccc(C(=O)NN(C(=O)c3ccccc3)C(C)(C)C)c(F)c21. The number of halogens is 1. The molecular formula is C23H28BFN2O3. The highest BCUT2D eigenvalue weighted by Gasteiger charge is 2.35. The Bertz CT molecular complexity index is 928. The number of rotatable bonds is 5. The van der Waals surface area contributed by atoms with Crippen LogP contribution in [0.25, 0.3) is 0 Å². The number of carbonyl (C=O) groups excluding carboxylic acids is 2. The number of fused-ring (bicyclic) bond motifs is 1. The summed E-state index contributed by atoms with van der Waals surface area (Å²) in [5.41, 5.74) is 3.51. The number of unbranched alkanes of at least 4 members (excludes halogenated alkanes) is 1. The van der Waals surface area contributed by atoms with Crippen molar-refractivity contribution in [3.8, 4) is 0 Å². The van der Waals surface area contributed by atoms with E-state index >= 15 is 4.39 Å². The normalized spacial score (nSPS) is 13.2. The molecule has 0 saturated heterocycles. The summed E-state index contributed by atoms with van der Waals surface area (Å²) in [4.78, 5) is 26.0. The first-order valence-electron chi connectivity index (χ1n) is 10.4. The first-order chi connectivity index (χ1) is 14.2. The van der Waals surface area contributed by atoms with Crippen molar-refractivity contribution in [2.24, 2.45) is 0 Å². The average molecular weight is 410 g/mol. The van der Waals surface area contributed by atoms with Gasteiger partial charge in [0.25, 0.3) is 11.8 Å². The van der Waals surface area contributed by atoms with Gasteiger partial charge < -0.3 is 4.65 Å². The first-order valence-corrected chi connectivity index (χ1v) is 10.4. The predicted octanol–water partition coefficient (Wildman–Crippen LogP) is 3.94. The van der Waals surface area contributed by atoms with Gasteiger partial charge in [-0.1, -0.05) is 44.0 Å². The number of hydrogen-bond donors (Lipinski definition) is 1. The Morgan fingerprint density at radius 3 is 2.50 bits per heavy atom. The minimum absolute atomic E-state index is 0.0872. The van der Waals surface area contributed by atoms with Crippen LogP contribution < -0.4 is 10.9 Å². The molecule has 30 heavy (non-hydrogen) atoms. The smallest absolute Gasteiger partial charge is 0.330 e. The summed E-state index contributed by atoms with van der Waals surface area (Å²) in [6, 6.07) is 11.9. The molecule has 3 rings (SSSR count). The number of carbonyl (C=O) groups is 2. The summed E-state index contributed by atoms with van der Waals surface area (Å²) >= 11 is 0. The summed E-state index contributed by atoms with van der Waals surface area (Å²) in [7, 11) is 0. The van der Waals surface area contributed by atoms with Crippen LogP contribution in [0.5, 0.6) is 0 Å². The molecule has 1 aliphatic heterocycles. The molecule has 158 valence electrons. The van der Waals surface area contributed by atoms with Gasteiger partial charge in [0.1, 0.15) is 5.82 Å². The average Bonchev–Trinajstić information content (AvgIpc) is 3.13. The Balaban J connectivity index is 1.88. The van der Waals surface area contributed by atoms with Crippen LogP contribution in [0.2, 0.25) is 6.32 Å². The fraction of sp³-hybridized carbons (Fsp3) is 0.391. The highest BCUT2D eigenvalue weighted by atomic mass is 19.1. The van der Waals surface area contributed by atoms with Crippen molar-refractivity contribution in [2.75, 3.05) is 0 Å². The van der Waals surface area contributed by atoms with E-state index in [9.17, 15) is 9.59 Å². The van der Waals surface area contributed by atoms with E-state index in [1.54, 1.807) is 30.3 Å². The fourth-order valence-electron chi connectivity index (χ4n) is 3.57. The van der Waals surface area contributed by atoms with Crippen molar-refractivity contribution in [1.82, 2.24) is 10.4 Å². The maximum atomic E-state index is 15.3. The van der Waals surface area contributed by atoms with E-state index in [0.29, 0.717) is 24.0 Å². The molecule has 1 aliphatic rings. The van der Waals surface area contributed by atoms with Gasteiger partial charge in [0, 0.05) is 5.56 Å². The minimum Gasteiger partial charge on any atom is -0.427 e. The van der Waals surface area contributed by atoms with Crippen molar-refractivity contribution in [2.45, 2.75) is 59.0 Å². The zero-order valence-electron chi connectivity index (χ0n) is 18.0. The third-order valence-corrected chi connectivity index (χ3v) is 5.20. The van der Waals surface area contributed by atoms with Crippen molar-refractivity contribution in [1.29, 1.82) is 0 Å². The molecule has 0 saturated carbocycles. The van der Waals surface area contributed by atoms with Crippen LogP contribution >= 0.6 is 0 Å². The lowest BCUT2D eigenvalue weighted by Gasteiger charge is -2.35. The molecule has 0 bridgehead atoms. The molecule has 0 radical (unpaired) electrons. The second-order valence-corrected chi connectivity index (χ2v) is 8.56. The number of hydrogen-bond acceptors (Lipinski definition) is 3. The van der Waals surface area contributed by atoms with Gasteiger partial charge in [-0.15, -0.1) is 0 Å². The first kappa shape index (κ1) is 22.0. The van der Waals surface area contributed by atoms with Gasteiger partial charge in [0.05, 0.1) is 17.7 Å². The number of nitrogens with zero attached hydrogens (tertiary/aromatic N) is 1. The van der Waals surface area contributed by atoms with Crippen LogP contribution in [0.3, 0.4) is 0 Å². The van der Waals surface area contributed by atoms with Gasteiger partial charge in [0.2, 0.25) is 0 Å². The lowest BCUT2D eigenvalue weighted by Crippen LogP contribution is -2.56. The van der Waals surface area contributed by atoms with Crippen LogP contribution in [0.4, 0.5) is 4.39 Å². The van der Waals surface area contributed by atoms with Gasteiger partial charge >= 0.3 is 6.92 Å². The monoisotopic (exact) mass is 410 g/mol. The van der Waals surface area contributed by atoms with Crippen LogP contribution in [0, 0.1) is 5.82 Å². The van der Waals surface area contributed by atoms with Crippen LogP contribution in [0.15, 0.2) is 42.5 Å². The molecule has 0 aromatic heterocycles. The van der Waals surface area contributed by atoms with Crippen molar-refractivity contribution >= 4 is 24.2 Å². The Kier molecular flexibility index (Phi) is 6.61. The number of amides is 2. The van der Waals surface area contributed by atoms with E-state index in [1.807, 2.05) is 26.8 Å². The Morgan fingerprint density at radius 1 is 1.17 bits per heavy atom. The number of nitrogens with one attached hydrogen (secondary N) is 1. The molecule has 0 atom stereocenters. The summed E-state index contributed by atoms with van der Waals surface area (Å²) in [6.07, 6.45) is 2.62. The van der Waals surface area contributed by atoms with E-state index in [4.69, 9.17) is 4.65 Å². The Morgan fingerprint density at radius 2 is 1.87 bits per heavy atom. The zero-order chi connectivity index (χ0) is 21.9. The molecule has 2 aromatic carbocycles. The van der Waals surface area contributed by atoms with Crippen molar-refractivity contribution in [3.05, 3.63) is 65.0 Å².